The number of amides is 1. The minimum Gasteiger partial charge on any atom is -0.491 e. The second-order valence-corrected chi connectivity index (χ2v) is 9.97. The molecule has 0 spiro atoms. The molecular formula is C31H37N3O5. The Morgan fingerprint density at radius 1 is 1.05 bits per heavy atom. The molecule has 1 aliphatic rings. The maximum absolute atomic E-state index is 13.1. The van der Waals surface area contributed by atoms with Crippen LogP contribution in [0.5, 0.6) is 5.75 Å². The van der Waals surface area contributed by atoms with Gasteiger partial charge in [-0.2, -0.15) is 0 Å². The molecule has 0 radical (unpaired) electrons. The van der Waals surface area contributed by atoms with Crippen molar-refractivity contribution in [2.45, 2.75) is 45.6 Å². The van der Waals surface area contributed by atoms with Crippen LogP contribution in [0.25, 0.3) is 11.1 Å². The summed E-state index contributed by atoms with van der Waals surface area (Å²) in [6, 6.07) is 21.5. The third-order valence-corrected chi connectivity index (χ3v) is 7.43. The lowest BCUT2D eigenvalue weighted by atomic mass is 9.95. The lowest BCUT2D eigenvalue weighted by molar-refractivity contribution is -0.142. The number of aliphatic carboxylic acids is 1. The number of nitrogens with one attached hydrogen (secondary N) is 1. The Balaban J connectivity index is 0.00000420. The molecular weight excluding hydrogens is 494 g/mol. The molecule has 6 N–H and O–H groups in total. The second-order valence-electron chi connectivity index (χ2n) is 9.97. The number of ether oxygens (including phenoxy) is 1. The van der Waals surface area contributed by atoms with Crippen molar-refractivity contribution in [1.29, 1.82) is 5.41 Å². The molecule has 1 amide bonds. The van der Waals surface area contributed by atoms with Gasteiger partial charge in [0.2, 0.25) is 5.91 Å². The Morgan fingerprint density at radius 2 is 1.74 bits per heavy atom. The number of carboxylic acids is 1. The summed E-state index contributed by atoms with van der Waals surface area (Å²) in [5.41, 5.74) is 11.7. The van der Waals surface area contributed by atoms with Crippen molar-refractivity contribution in [1.82, 2.24) is 4.90 Å². The van der Waals surface area contributed by atoms with Crippen molar-refractivity contribution in [2.24, 2.45) is 11.7 Å². The maximum Gasteiger partial charge on any atom is 0.304 e. The number of benzene rings is 3. The fourth-order valence-electron chi connectivity index (χ4n) is 5.18. The highest BCUT2D eigenvalue weighted by molar-refractivity contribution is 5.95. The largest absolute Gasteiger partial charge is 0.491 e. The van der Waals surface area contributed by atoms with Gasteiger partial charge in [-0.05, 0) is 67.0 Å². The Labute approximate surface area is 229 Å². The number of carboxylic acid groups (broad SMARTS) is 1. The van der Waals surface area contributed by atoms with Crippen LogP contribution in [0, 0.1) is 25.2 Å². The van der Waals surface area contributed by atoms with Crippen molar-refractivity contribution in [2.75, 3.05) is 13.2 Å². The van der Waals surface area contributed by atoms with E-state index in [0.717, 1.165) is 40.8 Å². The standard InChI is InChI=1S/C31H35N3O4.H2O/c1-20-21(2)28(15-14-27(20)23-10-12-24(13-11-23)30(32)33)38-19-26-17-25(18-29(35)36)31(37)34(26)16-6-9-22-7-4-3-5-8-22;/h3-5,7-8,10-15,25-26H,6,9,16-19H2,1-2H3,(H3,32,33)(H,35,36);1H2/t25-,26-;/m0./s1. The van der Waals surface area contributed by atoms with E-state index >= 15 is 0 Å². The molecule has 0 aromatic heterocycles. The molecule has 0 aliphatic carbocycles. The van der Waals surface area contributed by atoms with Gasteiger partial charge in [-0.15, -0.1) is 0 Å². The Bertz CT molecular complexity index is 1310. The molecule has 39 heavy (non-hydrogen) atoms. The van der Waals surface area contributed by atoms with E-state index in [1.807, 2.05) is 73.3 Å². The summed E-state index contributed by atoms with van der Waals surface area (Å²) >= 11 is 0. The van der Waals surface area contributed by atoms with Crippen LogP contribution in [0.4, 0.5) is 0 Å². The Morgan fingerprint density at radius 3 is 2.38 bits per heavy atom. The molecule has 1 fully saturated rings. The van der Waals surface area contributed by atoms with Crippen LogP contribution in [-0.4, -0.2) is 52.4 Å². The first-order valence-electron chi connectivity index (χ1n) is 13.0. The molecule has 206 valence electrons. The van der Waals surface area contributed by atoms with Crippen LogP contribution < -0.4 is 10.5 Å². The SMILES string of the molecule is Cc1c(OC[C@@H]2C[C@@H](CC(=O)O)C(=O)N2CCCc2ccccc2)ccc(-c2ccc(C(=N)N)cc2)c1C.O. The number of nitrogen functional groups attached to an aromatic ring is 1. The average molecular weight is 532 g/mol. The maximum atomic E-state index is 13.1. The second kappa shape index (κ2) is 13.1. The minimum absolute atomic E-state index is 0. The number of aryl methyl sites for hydroxylation is 1. The van der Waals surface area contributed by atoms with E-state index in [4.69, 9.17) is 15.9 Å². The van der Waals surface area contributed by atoms with Gasteiger partial charge in [0.05, 0.1) is 18.4 Å². The fraction of sp³-hybridized carbons (Fsp3) is 0.323. The predicted octanol–water partition coefficient (Wildman–Crippen LogP) is 4.13. The van der Waals surface area contributed by atoms with Crippen LogP contribution in [0.2, 0.25) is 0 Å². The monoisotopic (exact) mass is 531 g/mol. The topological polar surface area (TPSA) is 148 Å². The number of likely N-dealkylation sites (tertiary alicyclic amines) is 1. The summed E-state index contributed by atoms with van der Waals surface area (Å²) in [4.78, 5) is 26.3. The molecule has 3 aromatic carbocycles. The summed E-state index contributed by atoms with van der Waals surface area (Å²) in [6.07, 6.45) is 1.99. The minimum atomic E-state index is -0.951. The summed E-state index contributed by atoms with van der Waals surface area (Å²) in [5.74, 6) is -0.761. The van der Waals surface area contributed by atoms with Crippen molar-refractivity contribution in [3.05, 3.63) is 89.0 Å². The zero-order valence-electron chi connectivity index (χ0n) is 22.4. The zero-order chi connectivity index (χ0) is 27.2. The quantitative estimate of drug-likeness (QED) is 0.251. The molecule has 4 rings (SSSR count). The van der Waals surface area contributed by atoms with Crippen molar-refractivity contribution in [3.63, 3.8) is 0 Å². The molecule has 1 aliphatic heterocycles. The fourth-order valence-corrected chi connectivity index (χ4v) is 5.18. The average Bonchev–Trinajstić information content (AvgIpc) is 3.19. The highest BCUT2D eigenvalue weighted by Gasteiger charge is 2.40. The number of carbonyl (C=O) groups excluding carboxylic acids is 1. The van der Waals surface area contributed by atoms with Crippen LogP contribution in [0.15, 0.2) is 66.7 Å². The number of hydrogen-bond acceptors (Lipinski definition) is 4. The van der Waals surface area contributed by atoms with E-state index in [1.165, 1.54) is 5.56 Å². The van der Waals surface area contributed by atoms with Crippen LogP contribution in [-0.2, 0) is 16.0 Å². The Hall–Kier alpha value is -4.17. The summed E-state index contributed by atoms with van der Waals surface area (Å²) in [6.45, 7) is 4.96. The first-order valence-corrected chi connectivity index (χ1v) is 13.0. The number of nitrogens with two attached hydrogens (primary N) is 1. The number of rotatable bonds is 11. The third kappa shape index (κ3) is 7.03. The van der Waals surface area contributed by atoms with Crippen molar-refractivity contribution >= 4 is 17.7 Å². The number of nitrogens with zero attached hydrogens (tertiary/aromatic N) is 1. The summed E-state index contributed by atoms with van der Waals surface area (Å²) in [5, 5.41) is 16.9. The highest BCUT2D eigenvalue weighted by Crippen LogP contribution is 2.33. The molecule has 0 bridgehead atoms. The third-order valence-electron chi connectivity index (χ3n) is 7.43. The molecule has 2 atom stereocenters. The van der Waals surface area contributed by atoms with E-state index in [1.54, 1.807) is 0 Å². The van der Waals surface area contributed by atoms with Gasteiger partial charge in [0.1, 0.15) is 18.2 Å². The normalized spacial score (nSPS) is 16.6. The summed E-state index contributed by atoms with van der Waals surface area (Å²) in [7, 11) is 0. The van der Waals surface area contributed by atoms with E-state index < -0.39 is 11.9 Å². The zero-order valence-corrected chi connectivity index (χ0v) is 22.4. The lowest BCUT2D eigenvalue weighted by Crippen LogP contribution is -2.38. The van der Waals surface area contributed by atoms with E-state index in [9.17, 15) is 14.7 Å². The summed E-state index contributed by atoms with van der Waals surface area (Å²) < 4.78 is 6.25. The molecule has 0 unspecified atom stereocenters. The van der Waals surface area contributed by atoms with Gasteiger partial charge in [-0.3, -0.25) is 15.0 Å². The van der Waals surface area contributed by atoms with Gasteiger partial charge in [-0.25, -0.2) is 0 Å². The van der Waals surface area contributed by atoms with Gasteiger partial charge in [0.15, 0.2) is 0 Å². The van der Waals surface area contributed by atoms with Crippen LogP contribution >= 0.6 is 0 Å². The first-order chi connectivity index (χ1) is 18.2. The molecule has 1 saturated heterocycles. The van der Waals surface area contributed by atoms with E-state index in [2.05, 4.69) is 12.1 Å². The smallest absolute Gasteiger partial charge is 0.304 e. The molecule has 3 aromatic rings. The van der Waals surface area contributed by atoms with Crippen LogP contribution in [0.1, 0.15) is 41.5 Å². The molecule has 8 nitrogen and oxygen atoms in total. The molecule has 8 heteroatoms. The Kier molecular flexibility index (Phi) is 9.84. The molecule has 1 heterocycles. The number of hydrogen-bond donors (Lipinski definition) is 3. The lowest BCUT2D eigenvalue weighted by Gasteiger charge is -2.25. The van der Waals surface area contributed by atoms with E-state index in [-0.39, 0.29) is 29.7 Å². The van der Waals surface area contributed by atoms with E-state index in [0.29, 0.717) is 25.1 Å². The number of carbonyl (C=O) groups is 2. The van der Waals surface area contributed by atoms with Gasteiger partial charge < -0.3 is 26.0 Å². The van der Waals surface area contributed by atoms with Gasteiger partial charge in [0.25, 0.3) is 0 Å². The number of amidine groups is 1. The highest BCUT2D eigenvalue weighted by atomic mass is 16.5. The van der Waals surface area contributed by atoms with Crippen molar-refractivity contribution in [3.8, 4) is 16.9 Å². The molecule has 0 saturated carbocycles. The predicted molar refractivity (Wildman–Crippen MR) is 152 cm³/mol. The van der Waals surface area contributed by atoms with Gasteiger partial charge in [0, 0.05) is 12.1 Å². The van der Waals surface area contributed by atoms with Crippen molar-refractivity contribution < 1.29 is 24.9 Å². The first kappa shape index (κ1) is 29.4. The van der Waals surface area contributed by atoms with Gasteiger partial charge in [-0.1, -0.05) is 60.7 Å². The van der Waals surface area contributed by atoms with Crippen LogP contribution in [0.3, 0.4) is 0 Å². The van der Waals surface area contributed by atoms with Gasteiger partial charge >= 0.3 is 5.97 Å².